The van der Waals surface area contributed by atoms with Gasteiger partial charge in [0.1, 0.15) is 0 Å². The summed E-state index contributed by atoms with van der Waals surface area (Å²) >= 11 is 0. The summed E-state index contributed by atoms with van der Waals surface area (Å²) in [6.07, 6.45) is -1.87. The summed E-state index contributed by atoms with van der Waals surface area (Å²) < 4.78 is 37.8. The maximum absolute atomic E-state index is 12.6. The van der Waals surface area contributed by atoms with Crippen molar-refractivity contribution in [2.75, 3.05) is 5.32 Å². The van der Waals surface area contributed by atoms with E-state index in [0.717, 1.165) is 60.0 Å². The summed E-state index contributed by atoms with van der Waals surface area (Å²) in [6, 6.07) is 9.24. The van der Waals surface area contributed by atoms with Gasteiger partial charge in [0.15, 0.2) is 0 Å². The number of carbonyl (C=O) groups excluding carboxylic acids is 1. The van der Waals surface area contributed by atoms with Gasteiger partial charge in [0, 0.05) is 22.2 Å². The Morgan fingerprint density at radius 1 is 1.00 bits per heavy atom. The zero-order valence-corrected chi connectivity index (χ0v) is 14.1. The van der Waals surface area contributed by atoms with Crippen molar-refractivity contribution in [3.05, 3.63) is 75.1 Å². The molecule has 0 spiro atoms. The number of pyridine rings is 1. The van der Waals surface area contributed by atoms with Gasteiger partial charge in [-0.1, -0.05) is 6.07 Å². The predicted octanol–water partition coefficient (Wildman–Crippen LogP) is 4.29. The van der Waals surface area contributed by atoms with Crippen molar-refractivity contribution in [1.82, 2.24) is 4.98 Å². The van der Waals surface area contributed by atoms with Crippen molar-refractivity contribution in [1.29, 1.82) is 0 Å². The Morgan fingerprint density at radius 3 is 2.41 bits per heavy atom. The molecule has 0 saturated heterocycles. The highest BCUT2D eigenvalue weighted by Gasteiger charge is 2.30. The Labute approximate surface area is 152 Å². The van der Waals surface area contributed by atoms with E-state index in [4.69, 9.17) is 0 Å². The number of halogens is 3. The predicted molar refractivity (Wildman–Crippen MR) is 96.0 cm³/mol. The number of rotatable bonds is 2. The molecule has 4 nitrogen and oxygen atoms in total. The molecule has 1 aliphatic carbocycles. The molecule has 27 heavy (non-hydrogen) atoms. The molecule has 1 aliphatic rings. The number of aromatic nitrogens is 1. The molecule has 1 heterocycles. The molecule has 138 valence electrons. The molecule has 1 aromatic heterocycles. The second-order valence-electron chi connectivity index (χ2n) is 6.55. The van der Waals surface area contributed by atoms with E-state index in [1.807, 2.05) is 6.07 Å². The van der Waals surface area contributed by atoms with Crippen molar-refractivity contribution in [2.24, 2.45) is 0 Å². The van der Waals surface area contributed by atoms with Crippen molar-refractivity contribution in [3.63, 3.8) is 0 Å². The lowest BCUT2D eigenvalue weighted by Crippen LogP contribution is -2.14. The van der Waals surface area contributed by atoms with E-state index in [9.17, 15) is 22.8 Å². The van der Waals surface area contributed by atoms with Gasteiger partial charge in [-0.3, -0.25) is 9.59 Å². The fourth-order valence-electron chi connectivity index (χ4n) is 3.49. The molecule has 0 unspecified atom stereocenters. The van der Waals surface area contributed by atoms with Crippen LogP contribution in [0.1, 0.15) is 33.5 Å². The number of aryl methyl sites for hydroxylation is 1. The summed E-state index contributed by atoms with van der Waals surface area (Å²) in [5.74, 6) is -0.522. The summed E-state index contributed by atoms with van der Waals surface area (Å²) in [4.78, 5) is 27.3. The van der Waals surface area contributed by atoms with Gasteiger partial charge in [-0.15, -0.1) is 0 Å². The van der Waals surface area contributed by atoms with Gasteiger partial charge in [0.25, 0.3) is 11.5 Å². The number of benzene rings is 2. The number of carbonyl (C=O) groups is 1. The van der Waals surface area contributed by atoms with Crippen molar-refractivity contribution >= 4 is 22.5 Å². The summed E-state index contributed by atoms with van der Waals surface area (Å²) in [7, 11) is 0. The number of anilines is 1. The Balaban J connectivity index is 1.61. The van der Waals surface area contributed by atoms with Crippen LogP contribution >= 0.6 is 0 Å². The van der Waals surface area contributed by atoms with Crippen LogP contribution in [0.25, 0.3) is 10.9 Å². The monoisotopic (exact) mass is 372 g/mol. The first kappa shape index (κ1) is 17.3. The minimum absolute atomic E-state index is 0.110. The minimum atomic E-state index is -4.44. The molecule has 7 heteroatoms. The average Bonchev–Trinajstić information content (AvgIpc) is 3.11. The van der Waals surface area contributed by atoms with E-state index in [1.54, 1.807) is 12.1 Å². The van der Waals surface area contributed by atoms with Crippen LogP contribution in [-0.4, -0.2) is 10.9 Å². The topological polar surface area (TPSA) is 62.0 Å². The van der Waals surface area contributed by atoms with Crippen LogP contribution < -0.4 is 10.9 Å². The van der Waals surface area contributed by atoms with Crippen LogP contribution in [-0.2, 0) is 19.0 Å². The van der Waals surface area contributed by atoms with E-state index >= 15 is 0 Å². The SMILES string of the molecule is O=C(Nc1ccc2c3c(c(=O)[nH]c2c1)CCC3)c1ccc(C(F)(F)F)cc1. The third kappa shape index (κ3) is 3.20. The molecule has 1 amide bonds. The first-order valence-electron chi connectivity index (χ1n) is 8.49. The number of fused-ring (bicyclic) bond motifs is 3. The standard InChI is InChI=1S/C20H15F3N2O2/c21-20(22,23)12-6-4-11(5-7-12)18(26)24-13-8-9-15-14-2-1-3-16(14)19(27)25-17(15)10-13/h4-10H,1-3H2,(H,24,26)(H,25,27). The molecular weight excluding hydrogens is 357 g/mol. The molecule has 0 radical (unpaired) electrons. The van der Waals surface area contributed by atoms with Crippen molar-refractivity contribution in [3.8, 4) is 0 Å². The van der Waals surface area contributed by atoms with Crippen molar-refractivity contribution in [2.45, 2.75) is 25.4 Å². The Kier molecular flexibility index (Phi) is 4.02. The number of H-pyrrole nitrogens is 1. The number of aromatic amines is 1. The summed E-state index contributed by atoms with van der Waals surface area (Å²) in [6.45, 7) is 0. The van der Waals surface area contributed by atoms with Crippen LogP contribution in [0, 0.1) is 0 Å². The van der Waals surface area contributed by atoms with Gasteiger partial charge in [0.2, 0.25) is 0 Å². The van der Waals surface area contributed by atoms with Gasteiger partial charge in [-0.2, -0.15) is 13.2 Å². The molecule has 0 bridgehead atoms. The first-order chi connectivity index (χ1) is 12.8. The van der Waals surface area contributed by atoms with Gasteiger partial charge in [-0.05, 0) is 61.2 Å². The van der Waals surface area contributed by atoms with Gasteiger partial charge >= 0.3 is 6.18 Å². The number of alkyl halides is 3. The summed E-state index contributed by atoms with van der Waals surface area (Å²) in [5, 5.41) is 3.61. The Hall–Kier alpha value is -3.09. The van der Waals surface area contributed by atoms with E-state index in [-0.39, 0.29) is 11.1 Å². The van der Waals surface area contributed by atoms with E-state index in [1.165, 1.54) is 0 Å². The first-order valence-corrected chi connectivity index (χ1v) is 8.49. The van der Waals surface area contributed by atoms with Gasteiger partial charge < -0.3 is 10.3 Å². The molecule has 2 N–H and O–H groups in total. The Morgan fingerprint density at radius 2 is 1.70 bits per heavy atom. The van der Waals surface area contributed by atoms with Crippen LogP contribution in [0.2, 0.25) is 0 Å². The normalized spacial score (nSPS) is 13.6. The largest absolute Gasteiger partial charge is 0.416 e. The molecule has 0 fully saturated rings. The average molecular weight is 372 g/mol. The highest BCUT2D eigenvalue weighted by atomic mass is 19.4. The second-order valence-corrected chi connectivity index (χ2v) is 6.55. The second kappa shape index (κ2) is 6.26. The third-order valence-corrected chi connectivity index (χ3v) is 4.82. The van der Waals surface area contributed by atoms with Crippen LogP contribution in [0.5, 0.6) is 0 Å². The van der Waals surface area contributed by atoms with Crippen molar-refractivity contribution < 1.29 is 18.0 Å². The smallest absolute Gasteiger partial charge is 0.322 e. The van der Waals surface area contributed by atoms with Crippen LogP contribution in [0.3, 0.4) is 0 Å². The maximum atomic E-state index is 12.6. The van der Waals surface area contributed by atoms with Gasteiger partial charge in [-0.25, -0.2) is 0 Å². The number of amides is 1. The highest BCUT2D eigenvalue weighted by molar-refractivity contribution is 6.05. The minimum Gasteiger partial charge on any atom is -0.322 e. The van der Waals surface area contributed by atoms with E-state index in [2.05, 4.69) is 10.3 Å². The van der Waals surface area contributed by atoms with E-state index in [0.29, 0.717) is 11.2 Å². The number of hydrogen-bond acceptors (Lipinski definition) is 2. The molecule has 0 aliphatic heterocycles. The van der Waals surface area contributed by atoms with E-state index < -0.39 is 17.6 Å². The molecule has 3 aromatic rings. The molecular formula is C20H15F3N2O2. The fraction of sp³-hybridized carbons (Fsp3) is 0.200. The lowest BCUT2D eigenvalue weighted by molar-refractivity contribution is -0.137. The molecule has 2 aromatic carbocycles. The Bertz CT molecular complexity index is 1100. The maximum Gasteiger partial charge on any atom is 0.416 e. The van der Waals surface area contributed by atoms with Gasteiger partial charge in [0.05, 0.1) is 11.1 Å². The molecule has 0 atom stereocenters. The molecule has 0 saturated carbocycles. The lowest BCUT2D eigenvalue weighted by atomic mass is 10.1. The number of nitrogens with one attached hydrogen (secondary N) is 2. The number of hydrogen-bond donors (Lipinski definition) is 2. The highest BCUT2D eigenvalue weighted by Crippen LogP contribution is 2.30. The zero-order valence-electron chi connectivity index (χ0n) is 14.1. The van der Waals surface area contributed by atoms with Crippen LogP contribution in [0.4, 0.5) is 18.9 Å². The molecule has 4 rings (SSSR count). The quantitative estimate of drug-likeness (QED) is 0.705. The van der Waals surface area contributed by atoms with Crippen LogP contribution in [0.15, 0.2) is 47.3 Å². The third-order valence-electron chi connectivity index (χ3n) is 4.82. The lowest BCUT2D eigenvalue weighted by Gasteiger charge is -2.10. The zero-order chi connectivity index (χ0) is 19.2. The summed E-state index contributed by atoms with van der Waals surface area (Å²) in [5.41, 5.74) is 2.16. The fourth-order valence-corrected chi connectivity index (χ4v) is 3.49.